The van der Waals surface area contributed by atoms with Crippen LogP contribution in [0, 0.1) is 5.82 Å². The van der Waals surface area contributed by atoms with Crippen molar-refractivity contribution >= 4 is 5.97 Å². The van der Waals surface area contributed by atoms with Gasteiger partial charge in [-0.2, -0.15) is 0 Å². The van der Waals surface area contributed by atoms with Gasteiger partial charge in [-0.3, -0.25) is 0 Å². The largest absolute Gasteiger partial charge is 0.478 e. The van der Waals surface area contributed by atoms with Crippen molar-refractivity contribution in [2.75, 3.05) is 13.6 Å². The van der Waals surface area contributed by atoms with Crippen LogP contribution in [0.5, 0.6) is 0 Å². The van der Waals surface area contributed by atoms with Crippen molar-refractivity contribution in [3.8, 4) is 0 Å². The van der Waals surface area contributed by atoms with Crippen LogP contribution in [0.4, 0.5) is 4.39 Å². The van der Waals surface area contributed by atoms with Crippen LogP contribution in [-0.2, 0) is 6.54 Å². The third-order valence-electron chi connectivity index (χ3n) is 2.35. The molecule has 0 heterocycles. The first-order valence-corrected chi connectivity index (χ1v) is 5.25. The molecule has 0 fully saturated rings. The summed E-state index contributed by atoms with van der Waals surface area (Å²) < 4.78 is 12.9. The molecule has 4 heteroatoms. The Balaban J connectivity index is 2.90. The summed E-state index contributed by atoms with van der Waals surface area (Å²) in [5.41, 5.74) is 0.688. The molecular formula is C12H16FNO2. The van der Waals surface area contributed by atoms with Gasteiger partial charge < -0.3 is 10.0 Å². The summed E-state index contributed by atoms with van der Waals surface area (Å²) in [5.74, 6) is -1.60. The fraction of sp³-hybridized carbons (Fsp3) is 0.417. The van der Waals surface area contributed by atoms with Crippen molar-refractivity contribution < 1.29 is 14.3 Å². The maximum absolute atomic E-state index is 12.9. The van der Waals surface area contributed by atoms with E-state index in [1.807, 2.05) is 11.9 Å². The van der Waals surface area contributed by atoms with Crippen LogP contribution in [0.3, 0.4) is 0 Å². The standard InChI is InChI=1S/C12H16FNO2/c1-3-6-14(2)8-9-4-5-10(13)7-11(9)12(15)16/h4-5,7H,3,6,8H2,1-2H3,(H,15,16). The van der Waals surface area contributed by atoms with Crippen molar-refractivity contribution in [1.82, 2.24) is 4.90 Å². The van der Waals surface area contributed by atoms with Gasteiger partial charge in [0.05, 0.1) is 5.56 Å². The average Bonchev–Trinajstić information content (AvgIpc) is 2.20. The zero-order chi connectivity index (χ0) is 12.1. The van der Waals surface area contributed by atoms with Gasteiger partial charge in [0.25, 0.3) is 0 Å². The molecule has 0 radical (unpaired) electrons. The van der Waals surface area contributed by atoms with Crippen LogP contribution in [0.1, 0.15) is 29.3 Å². The number of carbonyl (C=O) groups is 1. The third-order valence-corrected chi connectivity index (χ3v) is 2.35. The van der Waals surface area contributed by atoms with E-state index in [2.05, 4.69) is 6.92 Å². The van der Waals surface area contributed by atoms with Crippen LogP contribution in [-0.4, -0.2) is 29.6 Å². The molecule has 1 aromatic carbocycles. The van der Waals surface area contributed by atoms with E-state index in [9.17, 15) is 9.18 Å². The molecule has 1 rings (SSSR count). The Morgan fingerprint density at radius 1 is 1.50 bits per heavy atom. The summed E-state index contributed by atoms with van der Waals surface area (Å²) in [7, 11) is 1.92. The molecule has 0 saturated carbocycles. The number of hydrogen-bond donors (Lipinski definition) is 1. The van der Waals surface area contributed by atoms with Gasteiger partial charge in [0.1, 0.15) is 5.82 Å². The second-order valence-electron chi connectivity index (χ2n) is 3.84. The lowest BCUT2D eigenvalue weighted by molar-refractivity contribution is 0.0694. The Kier molecular flexibility index (Phi) is 4.43. The zero-order valence-electron chi connectivity index (χ0n) is 9.53. The molecule has 0 amide bonds. The van der Waals surface area contributed by atoms with Gasteiger partial charge >= 0.3 is 5.97 Å². The topological polar surface area (TPSA) is 40.5 Å². The van der Waals surface area contributed by atoms with Crippen molar-refractivity contribution in [3.63, 3.8) is 0 Å². The number of rotatable bonds is 5. The molecule has 88 valence electrons. The van der Waals surface area contributed by atoms with Gasteiger partial charge in [0.2, 0.25) is 0 Å². The maximum Gasteiger partial charge on any atom is 0.336 e. The fourth-order valence-electron chi connectivity index (χ4n) is 1.64. The van der Waals surface area contributed by atoms with Crippen molar-refractivity contribution in [1.29, 1.82) is 0 Å². The lowest BCUT2D eigenvalue weighted by Gasteiger charge is -2.16. The van der Waals surface area contributed by atoms with Gasteiger partial charge in [-0.05, 0) is 37.7 Å². The quantitative estimate of drug-likeness (QED) is 0.836. The maximum atomic E-state index is 12.9. The molecule has 0 bridgehead atoms. The predicted molar refractivity (Wildman–Crippen MR) is 60.0 cm³/mol. The number of halogens is 1. The highest BCUT2D eigenvalue weighted by Crippen LogP contribution is 2.13. The normalized spacial score (nSPS) is 10.8. The number of nitrogens with zero attached hydrogens (tertiary/aromatic N) is 1. The monoisotopic (exact) mass is 225 g/mol. The van der Waals surface area contributed by atoms with Gasteiger partial charge in [0, 0.05) is 6.54 Å². The Morgan fingerprint density at radius 3 is 2.75 bits per heavy atom. The van der Waals surface area contributed by atoms with E-state index in [-0.39, 0.29) is 5.56 Å². The second-order valence-corrected chi connectivity index (χ2v) is 3.84. The SMILES string of the molecule is CCCN(C)Cc1ccc(F)cc1C(=O)O. The summed E-state index contributed by atoms with van der Waals surface area (Å²) >= 11 is 0. The van der Waals surface area contributed by atoms with E-state index < -0.39 is 11.8 Å². The van der Waals surface area contributed by atoms with Crippen LogP contribution < -0.4 is 0 Å². The van der Waals surface area contributed by atoms with Gasteiger partial charge in [-0.15, -0.1) is 0 Å². The molecule has 0 saturated heterocycles. The highest BCUT2D eigenvalue weighted by molar-refractivity contribution is 5.89. The number of benzene rings is 1. The van der Waals surface area contributed by atoms with E-state index in [1.54, 1.807) is 0 Å². The van der Waals surface area contributed by atoms with Crippen molar-refractivity contribution in [2.24, 2.45) is 0 Å². The smallest absolute Gasteiger partial charge is 0.336 e. The van der Waals surface area contributed by atoms with Crippen LogP contribution in [0.25, 0.3) is 0 Å². The number of carboxylic acid groups (broad SMARTS) is 1. The lowest BCUT2D eigenvalue weighted by atomic mass is 10.1. The second kappa shape index (κ2) is 5.61. The van der Waals surface area contributed by atoms with Crippen LogP contribution >= 0.6 is 0 Å². The molecule has 0 aliphatic rings. The average molecular weight is 225 g/mol. The Morgan fingerprint density at radius 2 is 2.19 bits per heavy atom. The highest BCUT2D eigenvalue weighted by Gasteiger charge is 2.12. The fourth-order valence-corrected chi connectivity index (χ4v) is 1.64. The molecule has 16 heavy (non-hydrogen) atoms. The molecule has 1 N–H and O–H groups in total. The Hall–Kier alpha value is -1.42. The third kappa shape index (κ3) is 3.31. The number of aromatic carboxylic acids is 1. The Labute approximate surface area is 94.5 Å². The number of carboxylic acids is 1. The van der Waals surface area contributed by atoms with Crippen molar-refractivity contribution in [2.45, 2.75) is 19.9 Å². The first-order chi connectivity index (χ1) is 7.54. The first kappa shape index (κ1) is 12.6. The summed E-state index contributed by atoms with van der Waals surface area (Å²) in [6.07, 6.45) is 1.00. The molecular weight excluding hydrogens is 209 g/mol. The molecule has 0 aliphatic heterocycles. The summed E-state index contributed by atoms with van der Waals surface area (Å²) in [5, 5.41) is 8.95. The molecule has 0 unspecified atom stereocenters. The van der Waals surface area contributed by atoms with Crippen LogP contribution in [0.2, 0.25) is 0 Å². The minimum absolute atomic E-state index is 0.0444. The summed E-state index contributed by atoms with van der Waals surface area (Å²) in [6, 6.07) is 3.89. The summed E-state index contributed by atoms with van der Waals surface area (Å²) in [6.45, 7) is 3.46. The van der Waals surface area contributed by atoms with E-state index in [0.29, 0.717) is 12.1 Å². The van der Waals surface area contributed by atoms with Crippen LogP contribution in [0.15, 0.2) is 18.2 Å². The molecule has 0 aromatic heterocycles. The van der Waals surface area contributed by atoms with Gasteiger partial charge in [-0.25, -0.2) is 9.18 Å². The van der Waals surface area contributed by atoms with E-state index >= 15 is 0 Å². The van der Waals surface area contributed by atoms with E-state index in [4.69, 9.17) is 5.11 Å². The Bertz CT molecular complexity index is 379. The first-order valence-electron chi connectivity index (χ1n) is 5.25. The van der Waals surface area contributed by atoms with E-state index in [0.717, 1.165) is 19.0 Å². The van der Waals surface area contributed by atoms with E-state index in [1.165, 1.54) is 12.1 Å². The van der Waals surface area contributed by atoms with Gasteiger partial charge in [0.15, 0.2) is 0 Å². The minimum Gasteiger partial charge on any atom is -0.478 e. The predicted octanol–water partition coefficient (Wildman–Crippen LogP) is 2.37. The summed E-state index contributed by atoms with van der Waals surface area (Å²) in [4.78, 5) is 12.9. The van der Waals surface area contributed by atoms with Crippen molar-refractivity contribution in [3.05, 3.63) is 35.1 Å². The molecule has 0 atom stereocenters. The molecule has 0 spiro atoms. The number of hydrogen-bond acceptors (Lipinski definition) is 2. The van der Waals surface area contributed by atoms with Gasteiger partial charge in [-0.1, -0.05) is 13.0 Å². The molecule has 0 aliphatic carbocycles. The highest BCUT2D eigenvalue weighted by atomic mass is 19.1. The minimum atomic E-state index is -1.08. The zero-order valence-corrected chi connectivity index (χ0v) is 9.53. The lowest BCUT2D eigenvalue weighted by Crippen LogP contribution is -2.20. The molecule has 1 aromatic rings. The molecule has 3 nitrogen and oxygen atoms in total.